The number of sulfonamides is 2. The third kappa shape index (κ3) is 4.64. The number of fused-ring (bicyclic) bond motifs is 3. The first kappa shape index (κ1) is 19.8. The molecule has 2 aliphatic heterocycles. The van der Waals surface area contributed by atoms with Gasteiger partial charge in [0.05, 0.1) is 12.5 Å². The van der Waals surface area contributed by atoms with Crippen molar-refractivity contribution >= 4 is 20.0 Å². The molecule has 2 atom stereocenters. The molecule has 0 saturated carbocycles. The predicted molar refractivity (Wildman–Crippen MR) is 102 cm³/mol. The minimum atomic E-state index is -3.42. The molecule has 1 saturated heterocycles. The number of benzene rings is 1. The SMILES string of the molecule is CS(=O)(=O)NCCN([C@H]1CCN2CCc3ccccc3[C@H]2C1)S(C)(=O)=O. The summed E-state index contributed by atoms with van der Waals surface area (Å²) >= 11 is 0. The summed E-state index contributed by atoms with van der Waals surface area (Å²) in [6.07, 6.45) is 4.82. The highest BCUT2D eigenvalue weighted by molar-refractivity contribution is 7.88. The van der Waals surface area contributed by atoms with Crippen LogP contribution in [0.25, 0.3) is 0 Å². The van der Waals surface area contributed by atoms with Crippen LogP contribution < -0.4 is 4.72 Å². The summed E-state index contributed by atoms with van der Waals surface area (Å²) in [5, 5.41) is 0. The van der Waals surface area contributed by atoms with Gasteiger partial charge < -0.3 is 0 Å². The van der Waals surface area contributed by atoms with E-state index in [9.17, 15) is 16.8 Å². The molecule has 146 valence electrons. The number of rotatable bonds is 6. The van der Waals surface area contributed by atoms with Gasteiger partial charge >= 0.3 is 0 Å². The molecule has 0 aromatic heterocycles. The zero-order chi connectivity index (χ0) is 18.9. The Morgan fingerprint density at radius 1 is 1.15 bits per heavy atom. The monoisotopic (exact) mass is 401 g/mol. The lowest BCUT2D eigenvalue weighted by atomic mass is 9.85. The van der Waals surface area contributed by atoms with Crippen molar-refractivity contribution in [3.05, 3.63) is 35.4 Å². The molecule has 1 aromatic rings. The average molecular weight is 402 g/mol. The van der Waals surface area contributed by atoms with Crippen LogP contribution in [-0.2, 0) is 26.5 Å². The summed E-state index contributed by atoms with van der Waals surface area (Å²) in [6.45, 7) is 2.11. The fourth-order valence-corrected chi connectivity index (χ4v) is 5.78. The van der Waals surface area contributed by atoms with Gasteiger partial charge in [0.15, 0.2) is 0 Å². The third-order valence-electron chi connectivity index (χ3n) is 5.30. The average Bonchev–Trinajstić information content (AvgIpc) is 2.56. The number of nitrogens with zero attached hydrogens (tertiary/aromatic N) is 2. The lowest BCUT2D eigenvalue weighted by Crippen LogP contribution is -2.51. The standard InChI is InChI=1S/C17H27N3O4S2/c1-25(21,22)18-9-12-20(26(2,23)24)15-8-11-19-10-7-14-5-3-4-6-16(14)17(19)13-15/h3-6,15,17-18H,7-13H2,1-2H3/t15-,17+/m0/s1. The second-order valence-electron chi connectivity index (χ2n) is 7.22. The van der Waals surface area contributed by atoms with Gasteiger partial charge in [0.2, 0.25) is 20.0 Å². The summed E-state index contributed by atoms with van der Waals surface area (Å²) in [7, 11) is -6.75. The van der Waals surface area contributed by atoms with Crippen molar-refractivity contribution < 1.29 is 16.8 Å². The molecule has 2 heterocycles. The molecule has 0 aliphatic carbocycles. The second-order valence-corrected chi connectivity index (χ2v) is 11.0. The van der Waals surface area contributed by atoms with Gasteiger partial charge in [-0.05, 0) is 30.4 Å². The maximum absolute atomic E-state index is 12.3. The van der Waals surface area contributed by atoms with E-state index in [0.717, 1.165) is 38.6 Å². The molecular formula is C17H27N3O4S2. The van der Waals surface area contributed by atoms with Gasteiger partial charge in [0.25, 0.3) is 0 Å². The van der Waals surface area contributed by atoms with Crippen molar-refractivity contribution in [1.82, 2.24) is 13.9 Å². The number of nitrogens with one attached hydrogen (secondary N) is 1. The van der Waals surface area contributed by atoms with Crippen molar-refractivity contribution in [2.45, 2.75) is 31.3 Å². The van der Waals surface area contributed by atoms with Crippen molar-refractivity contribution in [2.24, 2.45) is 0 Å². The first-order valence-corrected chi connectivity index (χ1v) is 12.6. The largest absolute Gasteiger partial charge is 0.296 e. The smallest absolute Gasteiger partial charge is 0.211 e. The Hall–Kier alpha value is -1.00. The van der Waals surface area contributed by atoms with Crippen LogP contribution in [-0.4, -0.2) is 70.8 Å². The Morgan fingerprint density at radius 2 is 1.88 bits per heavy atom. The predicted octanol–water partition coefficient (Wildman–Crippen LogP) is 0.559. The van der Waals surface area contributed by atoms with Crippen LogP contribution in [0.3, 0.4) is 0 Å². The van der Waals surface area contributed by atoms with Gasteiger partial charge in [0.1, 0.15) is 0 Å². The topological polar surface area (TPSA) is 86.8 Å². The Bertz CT molecular complexity index is 855. The molecule has 7 nitrogen and oxygen atoms in total. The Labute approximate surface area is 156 Å². The molecule has 0 bridgehead atoms. The molecule has 1 N–H and O–H groups in total. The van der Waals surface area contributed by atoms with E-state index >= 15 is 0 Å². The van der Waals surface area contributed by atoms with Gasteiger partial charge in [-0.25, -0.2) is 21.6 Å². The Balaban J connectivity index is 1.77. The maximum Gasteiger partial charge on any atom is 0.211 e. The van der Waals surface area contributed by atoms with Crippen LogP contribution in [0.2, 0.25) is 0 Å². The molecular weight excluding hydrogens is 374 g/mol. The highest BCUT2D eigenvalue weighted by Gasteiger charge is 2.37. The van der Waals surface area contributed by atoms with Gasteiger partial charge in [-0.3, -0.25) is 4.90 Å². The fourth-order valence-electron chi connectivity index (χ4n) is 4.16. The highest BCUT2D eigenvalue weighted by atomic mass is 32.2. The van der Waals surface area contributed by atoms with E-state index < -0.39 is 20.0 Å². The summed E-state index contributed by atoms with van der Waals surface area (Å²) < 4.78 is 51.1. The van der Waals surface area contributed by atoms with Crippen LogP contribution >= 0.6 is 0 Å². The van der Waals surface area contributed by atoms with Crippen LogP contribution in [0.4, 0.5) is 0 Å². The van der Waals surface area contributed by atoms with Gasteiger partial charge in [-0.15, -0.1) is 0 Å². The van der Waals surface area contributed by atoms with Gasteiger partial charge in [-0.2, -0.15) is 4.31 Å². The van der Waals surface area contributed by atoms with Crippen molar-refractivity contribution in [3.8, 4) is 0 Å². The van der Waals surface area contributed by atoms with Crippen LogP contribution in [0.15, 0.2) is 24.3 Å². The molecule has 0 amide bonds. The minimum Gasteiger partial charge on any atom is -0.296 e. The molecule has 0 unspecified atom stereocenters. The first-order chi connectivity index (χ1) is 12.1. The van der Waals surface area contributed by atoms with E-state index in [0.29, 0.717) is 0 Å². The van der Waals surface area contributed by atoms with Gasteiger partial charge in [0, 0.05) is 38.3 Å². The molecule has 26 heavy (non-hydrogen) atoms. The fraction of sp³-hybridized carbons (Fsp3) is 0.647. The summed E-state index contributed by atoms with van der Waals surface area (Å²) in [4.78, 5) is 2.44. The molecule has 0 radical (unpaired) electrons. The van der Waals surface area contributed by atoms with E-state index in [4.69, 9.17) is 0 Å². The molecule has 9 heteroatoms. The molecule has 1 aromatic carbocycles. The normalized spacial score (nSPS) is 24.3. The van der Waals surface area contributed by atoms with Crippen LogP contribution in [0.5, 0.6) is 0 Å². The molecule has 2 aliphatic rings. The molecule has 1 fully saturated rings. The number of hydrogen-bond donors (Lipinski definition) is 1. The molecule has 3 rings (SSSR count). The Kier molecular flexibility index (Phi) is 5.74. The third-order valence-corrected chi connectivity index (χ3v) is 7.36. The van der Waals surface area contributed by atoms with Gasteiger partial charge in [-0.1, -0.05) is 24.3 Å². The van der Waals surface area contributed by atoms with Crippen molar-refractivity contribution in [1.29, 1.82) is 0 Å². The van der Waals surface area contributed by atoms with E-state index in [-0.39, 0.29) is 25.2 Å². The lowest BCUT2D eigenvalue weighted by Gasteiger charge is -2.45. The Morgan fingerprint density at radius 3 is 2.58 bits per heavy atom. The summed E-state index contributed by atoms with van der Waals surface area (Å²) in [5.41, 5.74) is 2.64. The summed E-state index contributed by atoms with van der Waals surface area (Å²) in [5.74, 6) is 0. The number of hydrogen-bond acceptors (Lipinski definition) is 5. The lowest BCUT2D eigenvalue weighted by molar-refractivity contribution is 0.0913. The zero-order valence-corrected chi connectivity index (χ0v) is 16.9. The molecule has 0 spiro atoms. The maximum atomic E-state index is 12.3. The van der Waals surface area contributed by atoms with Crippen molar-refractivity contribution in [2.75, 3.05) is 38.7 Å². The zero-order valence-electron chi connectivity index (χ0n) is 15.3. The first-order valence-electron chi connectivity index (χ1n) is 8.88. The van der Waals surface area contributed by atoms with Crippen LogP contribution in [0, 0.1) is 0 Å². The van der Waals surface area contributed by atoms with E-state index in [1.54, 1.807) is 0 Å². The van der Waals surface area contributed by atoms with E-state index in [1.165, 1.54) is 21.7 Å². The summed E-state index contributed by atoms with van der Waals surface area (Å²) in [6, 6.07) is 8.50. The van der Waals surface area contributed by atoms with E-state index in [1.807, 2.05) is 6.07 Å². The van der Waals surface area contributed by atoms with Crippen LogP contribution in [0.1, 0.15) is 30.0 Å². The van der Waals surface area contributed by atoms with Crippen molar-refractivity contribution in [3.63, 3.8) is 0 Å². The minimum absolute atomic E-state index is 0.0906. The quantitative estimate of drug-likeness (QED) is 0.753. The number of piperidine rings is 1. The second kappa shape index (κ2) is 7.55. The highest BCUT2D eigenvalue weighted by Crippen LogP contribution is 2.38. The van der Waals surface area contributed by atoms with E-state index in [2.05, 4.69) is 27.8 Å².